The van der Waals surface area contributed by atoms with Crippen LogP contribution in [0, 0.1) is 5.41 Å². The highest BCUT2D eigenvalue weighted by Crippen LogP contribution is 2.34. The van der Waals surface area contributed by atoms with E-state index in [0.29, 0.717) is 16.7 Å². The molecule has 1 N–H and O–H groups in total. The van der Waals surface area contributed by atoms with Crippen molar-refractivity contribution in [3.05, 3.63) is 28.2 Å². The lowest BCUT2D eigenvalue weighted by Gasteiger charge is -2.21. The van der Waals surface area contributed by atoms with Crippen molar-refractivity contribution in [3.63, 3.8) is 0 Å². The number of hydrogen-bond donors (Lipinski definition) is 1. The summed E-state index contributed by atoms with van der Waals surface area (Å²) in [6.07, 6.45) is -4.31. The van der Waals surface area contributed by atoms with E-state index in [1.54, 1.807) is 0 Å². The van der Waals surface area contributed by atoms with Crippen LogP contribution in [0.15, 0.2) is 22.7 Å². The summed E-state index contributed by atoms with van der Waals surface area (Å²) in [7, 11) is 0. The minimum absolute atomic E-state index is 0.00762. The highest BCUT2D eigenvalue weighted by Gasteiger charge is 2.30. The fourth-order valence-corrected chi connectivity index (χ4v) is 1.58. The van der Waals surface area contributed by atoms with Gasteiger partial charge in [-0.1, -0.05) is 20.8 Å². The number of anilines is 1. The van der Waals surface area contributed by atoms with Gasteiger partial charge < -0.3 is 5.32 Å². The summed E-state index contributed by atoms with van der Waals surface area (Å²) in [5.41, 5.74) is -0.167. The maximum absolute atomic E-state index is 12.5. The SMILES string of the molecule is CC(C)(C)CNc1cc(C(F)(F)F)ccc1Br. The minimum atomic E-state index is -4.31. The molecule has 96 valence electrons. The summed E-state index contributed by atoms with van der Waals surface area (Å²) < 4.78 is 38.2. The van der Waals surface area contributed by atoms with Crippen LogP contribution in [-0.4, -0.2) is 6.54 Å². The topological polar surface area (TPSA) is 12.0 Å². The van der Waals surface area contributed by atoms with E-state index in [2.05, 4.69) is 21.2 Å². The van der Waals surface area contributed by atoms with E-state index >= 15 is 0 Å². The largest absolute Gasteiger partial charge is 0.416 e. The van der Waals surface area contributed by atoms with Gasteiger partial charge in [-0.15, -0.1) is 0 Å². The lowest BCUT2D eigenvalue weighted by Crippen LogP contribution is -2.19. The maximum Gasteiger partial charge on any atom is 0.416 e. The van der Waals surface area contributed by atoms with Crippen molar-refractivity contribution >= 4 is 21.6 Å². The molecule has 0 aliphatic rings. The Balaban J connectivity index is 2.92. The molecule has 0 aliphatic carbocycles. The van der Waals surface area contributed by atoms with E-state index in [0.717, 1.165) is 12.1 Å². The second kappa shape index (κ2) is 4.88. The molecule has 0 fully saturated rings. The quantitative estimate of drug-likeness (QED) is 0.817. The predicted molar refractivity (Wildman–Crippen MR) is 67.1 cm³/mol. The van der Waals surface area contributed by atoms with Gasteiger partial charge >= 0.3 is 6.18 Å². The first-order valence-corrected chi connectivity index (χ1v) is 5.99. The number of halogens is 4. The summed E-state index contributed by atoms with van der Waals surface area (Å²) in [5.74, 6) is 0. The molecule has 17 heavy (non-hydrogen) atoms. The zero-order chi connectivity index (χ0) is 13.3. The number of nitrogens with one attached hydrogen (secondary N) is 1. The number of benzene rings is 1. The maximum atomic E-state index is 12.5. The van der Waals surface area contributed by atoms with Crippen LogP contribution in [0.2, 0.25) is 0 Å². The van der Waals surface area contributed by atoms with E-state index in [4.69, 9.17) is 0 Å². The Labute approximate surface area is 108 Å². The second-order valence-electron chi connectivity index (χ2n) is 5.11. The van der Waals surface area contributed by atoms with Gasteiger partial charge in [0.15, 0.2) is 0 Å². The van der Waals surface area contributed by atoms with Crippen LogP contribution in [0.5, 0.6) is 0 Å². The molecule has 0 heterocycles. The van der Waals surface area contributed by atoms with E-state index < -0.39 is 11.7 Å². The lowest BCUT2D eigenvalue weighted by atomic mass is 9.97. The van der Waals surface area contributed by atoms with E-state index in [-0.39, 0.29) is 5.41 Å². The van der Waals surface area contributed by atoms with Gasteiger partial charge in [-0.25, -0.2) is 0 Å². The molecular formula is C12H15BrF3N. The fourth-order valence-electron chi connectivity index (χ4n) is 1.20. The standard InChI is InChI=1S/C12H15BrF3N/c1-11(2,3)7-17-10-6-8(12(14,15)16)4-5-9(10)13/h4-6,17H,7H2,1-3H3. The van der Waals surface area contributed by atoms with Crippen molar-refractivity contribution in [2.45, 2.75) is 26.9 Å². The number of rotatable bonds is 2. The van der Waals surface area contributed by atoms with Crippen LogP contribution < -0.4 is 5.32 Å². The lowest BCUT2D eigenvalue weighted by molar-refractivity contribution is -0.137. The Morgan fingerprint density at radius 2 is 1.76 bits per heavy atom. The van der Waals surface area contributed by atoms with Crippen molar-refractivity contribution in [2.75, 3.05) is 11.9 Å². The van der Waals surface area contributed by atoms with E-state index in [9.17, 15) is 13.2 Å². The van der Waals surface area contributed by atoms with E-state index in [1.807, 2.05) is 20.8 Å². The van der Waals surface area contributed by atoms with Gasteiger partial charge in [0.25, 0.3) is 0 Å². The third kappa shape index (κ3) is 4.58. The molecule has 0 spiro atoms. The summed E-state index contributed by atoms with van der Waals surface area (Å²) in [4.78, 5) is 0. The molecule has 0 amide bonds. The molecule has 1 aromatic rings. The first kappa shape index (κ1) is 14.4. The fraction of sp³-hybridized carbons (Fsp3) is 0.500. The molecule has 0 radical (unpaired) electrons. The Kier molecular flexibility index (Phi) is 4.12. The van der Waals surface area contributed by atoms with Gasteiger partial charge in [-0.3, -0.25) is 0 Å². The average molecular weight is 310 g/mol. The Bertz CT molecular complexity index is 394. The van der Waals surface area contributed by atoms with Crippen molar-refractivity contribution in [2.24, 2.45) is 5.41 Å². The van der Waals surface area contributed by atoms with Gasteiger partial charge in [-0.05, 0) is 39.5 Å². The molecular weight excluding hydrogens is 295 g/mol. The van der Waals surface area contributed by atoms with Crippen LogP contribution in [0.4, 0.5) is 18.9 Å². The molecule has 1 nitrogen and oxygen atoms in total. The highest BCUT2D eigenvalue weighted by atomic mass is 79.9. The molecule has 1 rings (SSSR count). The molecule has 0 saturated heterocycles. The third-order valence-electron chi connectivity index (χ3n) is 2.10. The summed E-state index contributed by atoms with van der Waals surface area (Å²) in [6.45, 7) is 6.65. The highest BCUT2D eigenvalue weighted by molar-refractivity contribution is 9.10. The molecule has 0 aromatic heterocycles. The Morgan fingerprint density at radius 1 is 1.18 bits per heavy atom. The molecule has 5 heteroatoms. The predicted octanol–water partition coefficient (Wildman–Crippen LogP) is 4.93. The smallest absolute Gasteiger partial charge is 0.384 e. The third-order valence-corrected chi connectivity index (χ3v) is 2.79. The van der Waals surface area contributed by atoms with Gasteiger partial charge in [0.05, 0.1) is 5.56 Å². The van der Waals surface area contributed by atoms with Crippen LogP contribution in [-0.2, 0) is 6.18 Å². The van der Waals surface area contributed by atoms with Crippen molar-refractivity contribution < 1.29 is 13.2 Å². The second-order valence-corrected chi connectivity index (χ2v) is 5.96. The molecule has 0 atom stereocenters. The first-order chi connectivity index (χ1) is 7.59. The van der Waals surface area contributed by atoms with Crippen molar-refractivity contribution in [1.29, 1.82) is 0 Å². The number of hydrogen-bond acceptors (Lipinski definition) is 1. The molecule has 0 aliphatic heterocycles. The summed E-state index contributed by atoms with van der Waals surface area (Å²) >= 11 is 3.24. The van der Waals surface area contributed by atoms with Gasteiger partial charge in [-0.2, -0.15) is 13.2 Å². The van der Waals surface area contributed by atoms with E-state index in [1.165, 1.54) is 6.07 Å². The molecule has 1 aromatic carbocycles. The zero-order valence-corrected chi connectivity index (χ0v) is 11.5. The van der Waals surface area contributed by atoms with Crippen LogP contribution in [0.1, 0.15) is 26.3 Å². The Morgan fingerprint density at radius 3 is 2.24 bits per heavy atom. The zero-order valence-electron chi connectivity index (χ0n) is 9.95. The van der Waals surface area contributed by atoms with Crippen LogP contribution >= 0.6 is 15.9 Å². The summed E-state index contributed by atoms with van der Waals surface area (Å²) in [5, 5.41) is 3.02. The van der Waals surface area contributed by atoms with Crippen LogP contribution in [0.25, 0.3) is 0 Å². The number of alkyl halides is 3. The minimum Gasteiger partial charge on any atom is -0.384 e. The monoisotopic (exact) mass is 309 g/mol. The van der Waals surface area contributed by atoms with Gasteiger partial charge in [0.1, 0.15) is 0 Å². The normalized spacial score (nSPS) is 12.6. The van der Waals surface area contributed by atoms with Crippen molar-refractivity contribution in [1.82, 2.24) is 0 Å². The van der Waals surface area contributed by atoms with Gasteiger partial charge in [0.2, 0.25) is 0 Å². The summed E-state index contributed by atoms with van der Waals surface area (Å²) in [6, 6.07) is 3.59. The molecule has 0 saturated carbocycles. The first-order valence-electron chi connectivity index (χ1n) is 5.20. The van der Waals surface area contributed by atoms with Crippen LogP contribution in [0.3, 0.4) is 0 Å². The van der Waals surface area contributed by atoms with Crippen molar-refractivity contribution in [3.8, 4) is 0 Å². The molecule has 0 bridgehead atoms. The van der Waals surface area contributed by atoms with Gasteiger partial charge in [0, 0.05) is 16.7 Å². The Hall–Kier alpha value is -0.710. The molecule has 0 unspecified atom stereocenters. The average Bonchev–Trinajstić information content (AvgIpc) is 2.13.